The zero-order valence-electron chi connectivity index (χ0n) is 14.2. The van der Waals surface area contributed by atoms with Crippen LogP contribution < -0.4 is 10.6 Å². The molecule has 2 rings (SSSR count). The molecule has 0 spiro atoms. The Morgan fingerprint density at radius 2 is 1.69 bits per heavy atom. The molecule has 0 fully saturated rings. The number of nitrogens with zero attached hydrogens (tertiary/aromatic N) is 2. The smallest absolute Gasteiger partial charge is 0.241 e. The number of rotatable bonds is 8. The van der Waals surface area contributed by atoms with Crippen molar-refractivity contribution < 1.29 is 22.7 Å². The molecule has 1 heterocycles. The van der Waals surface area contributed by atoms with E-state index in [1.807, 2.05) is 6.92 Å². The molecule has 0 aliphatic heterocycles. The van der Waals surface area contributed by atoms with Gasteiger partial charge in [0.05, 0.1) is 0 Å². The van der Waals surface area contributed by atoms with Crippen molar-refractivity contribution in [3.05, 3.63) is 34.8 Å². The number of hydrogen-bond donors (Lipinski definition) is 2. The molecule has 1 aromatic carbocycles. The summed E-state index contributed by atoms with van der Waals surface area (Å²) < 4.78 is 28.9. The van der Waals surface area contributed by atoms with Gasteiger partial charge in [0.2, 0.25) is 16.9 Å². The number of benzene rings is 1. The van der Waals surface area contributed by atoms with E-state index in [0.717, 1.165) is 16.9 Å². The first-order chi connectivity index (χ1) is 12.3. The molecule has 0 atom stereocenters. The molecule has 2 amide bonds. The van der Waals surface area contributed by atoms with Crippen LogP contribution in [0.25, 0.3) is 0 Å². The highest BCUT2D eigenvalue weighted by Crippen LogP contribution is 2.15. The standard InChI is InChI=1S/C15H18N4O5S2/c1-10-3-5-11(6-4-10)16-12(20)8-26(22,23)9-13(21)17-15-19-18-14(25-15)7-24-2/h3-6H,7-9H2,1-2H3,(H,16,20)(H,17,19,21). The number of hydrogen-bond acceptors (Lipinski definition) is 8. The van der Waals surface area contributed by atoms with E-state index in [4.69, 9.17) is 4.74 Å². The summed E-state index contributed by atoms with van der Waals surface area (Å²) in [5, 5.41) is 13.0. The molecule has 0 unspecified atom stereocenters. The number of nitrogens with one attached hydrogen (secondary N) is 2. The van der Waals surface area contributed by atoms with E-state index in [0.29, 0.717) is 10.7 Å². The minimum absolute atomic E-state index is 0.168. The Balaban J connectivity index is 1.87. The van der Waals surface area contributed by atoms with Gasteiger partial charge in [0, 0.05) is 12.8 Å². The zero-order chi connectivity index (χ0) is 19.2. The lowest BCUT2D eigenvalue weighted by Gasteiger charge is -2.06. The molecule has 0 saturated carbocycles. The quantitative estimate of drug-likeness (QED) is 0.678. The summed E-state index contributed by atoms with van der Waals surface area (Å²) in [5.74, 6) is -3.11. The first-order valence-corrected chi connectivity index (χ1v) is 10.1. The average Bonchev–Trinajstić information content (AvgIpc) is 2.95. The predicted molar refractivity (Wildman–Crippen MR) is 97.7 cm³/mol. The Labute approximate surface area is 154 Å². The topological polar surface area (TPSA) is 127 Å². The number of carbonyl (C=O) groups excluding carboxylic acids is 2. The predicted octanol–water partition coefficient (Wildman–Crippen LogP) is 0.985. The van der Waals surface area contributed by atoms with Crippen molar-refractivity contribution in [2.75, 3.05) is 29.2 Å². The Kier molecular flexibility index (Phi) is 6.77. The Bertz CT molecular complexity index is 878. The van der Waals surface area contributed by atoms with Crippen LogP contribution in [0.5, 0.6) is 0 Å². The van der Waals surface area contributed by atoms with Crippen LogP contribution in [0.15, 0.2) is 24.3 Å². The van der Waals surface area contributed by atoms with Crippen LogP contribution in [-0.4, -0.2) is 49.0 Å². The van der Waals surface area contributed by atoms with Gasteiger partial charge in [-0.25, -0.2) is 8.42 Å². The summed E-state index contributed by atoms with van der Waals surface area (Å²) in [6.45, 7) is 2.13. The largest absolute Gasteiger partial charge is 0.377 e. The Morgan fingerprint density at radius 1 is 1.08 bits per heavy atom. The van der Waals surface area contributed by atoms with Crippen molar-refractivity contribution in [1.29, 1.82) is 0 Å². The molecule has 2 N–H and O–H groups in total. The molecule has 9 nitrogen and oxygen atoms in total. The number of methoxy groups -OCH3 is 1. The average molecular weight is 398 g/mol. The first-order valence-electron chi connectivity index (χ1n) is 7.45. The molecule has 11 heteroatoms. The van der Waals surface area contributed by atoms with E-state index in [-0.39, 0.29) is 11.7 Å². The summed E-state index contributed by atoms with van der Waals surface area (Å²) in [6.07, 6.45) is 0. The SMILES string of the molecule is COCc1nnc(NC(=O)CS(=O)(=O)CC(=O)Nc2ccc(C)cc2)s1. The van der Waals surface area contributed by atoms with Crippen LogP contribution >= 0.6 is 11.3 Å². The van der Waals surface area contributed by atoms with E-state index in [1.54, 1.807) is 24.3 Å². The van der Waals surface area contributed by atoms with Crippen LogP contribution in [-0.2, 0) is 30.8 Å². The Hall–Kier alpha value is -2.37. The van der Waals surface area contributed by atoms with Gasteiger partial charge in [-0.3, -0.25) is 14.9 Å². The zero-order valence-corrected chi connectivity index (χ0v) is 15.8. The maximum Gasteiger partial charge on any atom is 0.241 e. The molecule has 0 bridgehead atoms. The first kappa shape index (κ1) is 19.9. The van der Waals surface area contributed by atoms with Gasteiger partial charge in [-0.2, -0.15) is 0 Å². The lowest BCUT2D eigenvalue weighted by Crippen LogP contribution is -2.30. The van der Waals surface area contributed by atoms with E-state index in [9.17, 15) is 18.0 Å². The second-order valence-electron chi connectivity index (χ2n) is 5.43. The van der Waals surface area contributed by atoms with Crippen LogP contribution in [0.1, 0.15) is 10.6 Å². The number of aryl methyl sites for hydroxylation is 1. The highest BCUT2D eigenvalue weighted by molar-refractivity contribution is 7.92. The normalized spacial score (nSPS) is 11.2. The summed E-state index contributed by atoms with van der Waals surface area (Å²) in [6, 6.07) is 6.91. The highest BCUT2D eigenvalue weighted by atomic mass is 32.2. The molecule has 1 aromatic heterocycles. The maximum absolute atomic E-state index is 12.0. The molecule has 26 heavy (non-hydrogen) atoms. The van der Waals surface area contributed by atoms with Crippen molar-refractivity contribution in [3.8, 4) is 0 Å². The molecule has 0 aliphatic rings. The number of amides is 2. The van der Waals surface area contributed by atoms with E-state index >= 15 is 0 Å². The minimum atomic E-state index is -3.92. The molecule has 0 radical (unpaired) electrons. The van der Waals surface area contributed by atoms with Crippen molar-refractivity contribution in [2.24, 2.45) is 0 Å². The number of carbonyl (C=O) groups is 2. The van der Waals surface area contributed by atoms with Gasteiger partial charge in [-0.05, 0) is 19.1 Å². The number of aromatic nitrogens is 2. The van der Waals surface area contributed by atoms with Crippen molar-refractivity contribution in [2.45, 2.75) is 13.5 Å². The second kappa shape index (κ2) is 8.83. The number of sulfone groups is 1. The van der Waals surface area contributed by atoms with Gasteiger partial charge in [-0.15, -0.1) is 10.2 Å². The highest BCUT2D eigenvalue weighted by Gasteiger charge is 2.22. The van der Waals surface area contributed by atoms with Gasteiger partial charge in [0.1, 0.15) is 23.1 Å². The van der Waals surface area contributed by atoms with Crippen molar-refractivity contribution >= 4 is 43.8 Å². The van der Waals surface area contributed by atoms with Gasteiger partial charge >= 0.3 is 0 Å². The molecular formula is C15H18N4O5S2. The van der Waals surface area contributed by atoms with Crippen molar-refractivity contribution in [3.63, 3.8) is 0 Å². The maximum atomic E-state index is 12.0. The van der Waals surface area contributed by atoms with Gasteiger partial charge < -0.3 is 10.1 Å². The molecular weight excluding hydrogens is 380 g/mol. The molecule has 0 aliphatic carbocycles. The lowest BCUT2D eigenvalue weighted by molar-refractivity contribution is -0.114. The fourth-order valence-corrected chi connectivity index (χ4v) is 3.70. The fourth-order valence-electron chi connectivity index (χ4n) is 1.93. The van der Waals surface area contributed by atoms with Crippen LogP contribution in [0, 0.1) is 6.92 Å². The van der Waals surface area contributed by atoms with Gasteiger partial charge in [0.25, 0.3) is 0 Å². The summed E-state index contributed by atoms with van der Waals surface area (Å²) in [7, 11) is -2.43. The van der Waals surface area contributed by atoms with Gasteiger partial charge in [0.15, 0.2) is 9.84 Å². The minimum Gasteiger partial charge on any atom is -0.377 e. The molecule has 2 aromatic rings. The summed E-state index contributed by atoms with van der Waals surface area (Å²) in [4.78, 5) is 23.7. The third kappa shape index (κ3) is 6.50. The number of anilines is 2. The van der Waals surface area contributed by atoms with E-state index < -0.39 is 33.2 Å². The monoisotopic (exact) mass is 398 g/mol. The third-order valence-electron chi connectivity index (χ3n) is 3.02. The van der Waals surface area contributed by atoms with Gasteiger partial charge in [-0.1, -0.05) is 29.0 Å². The summed E-state index contributed by atoms with van der Waals surface area (Å²) >= 11 is 1.08. The van der Waals surface area contributed by atoms with Crippen molar-refractivity contribution in [1.82, 2.24) is 10.2 Å². The Morgan fingerprint density at radius 3 is 2.31 bits per heavy atom. The molecule has 0 saturated heterocycles. The second-order valence-corrected chi connectivity index (χ2v) is 8.56. The van der Waals surface area contributed by atoms with Crippen LogP contribution in [0.3, 0.4) is 0 Å². The summed E-state index contributed by atoms with van der Waals surface area (Å²) in [5.41, 5.74) is 1.50. The third-order valence-corrected chi connectivity index (χ3v) is 5.23. The van der Waals surface area contributed by atoms with Crippen LogP contribution in [0.2, 0.25) is 0 Å². The molecule has 140 valence electrons. The number of ether oxygens (including phenoxy) is 1. The lowest BCUT2D eigenvalue weighted by atomic mass is 10.2. The fraction of sp³-hybridized carbons (Fsp3) is 0.333. The van der Waals surface area contributed by atoms with E-state index in [1.165, 1.54) is 7.11 Å². The van der Waals surface area contributed by atoms with Crippen LogP contribution in [0.4, 0.5) is 10.8 Å². The van der Waals surface area contributed by atoms with E-state index in [2.05, 4.69) is 20.8 Å².